The molecule has 2 aromatic rings. The van der Waals surface area contributed by atoms with Crippen LogP contribution < -0.4 is 20.1 Å². The van der Waals surface area contributed by atoms with E-state index < -0.39 is 41.7 Å². The van der Waals surface area contributed by atoms with Gasteiger partial charge in [-0.05, 0) is 130 Å². The van der Waals surface area contributed by atoms with Crippen LogP contribution in [-0.4, -0.2) is 75.3 Å². The number of carbonyl (C=O) groups excluding carboxylic acids is 4. The highest BCUT2D eigenvalue weighted by atomic mass is 16.6. The molecule has 12 heteroatoms. The third-order valence-corrected chi connectivity index (χ3v) is 8.86. The zero-order valence-corrected chi connectivity index (χ0v) is 35.5. The molecular weight excluding hydrogens is 765 g/mol. The summed E-state index contributed by atoms with van der Waals surface area (Å²) in [4.78, 5) is 50.8. The highest BCUT2D eigenvalue weighted by Crippen LogP contribution is 2.45. The number of amides is 2. The highest BCUT2D eigenvalue weighted by molar-refractivity contribution is 5.87. The summed E-state index contributed by atoms with van der Waals surface area (Å²) < 4.78 is 33.7. The first-order valence-corrected chi connectivity index (χ1v) is 19.4. The van der Waals surface area contributed by atoms with Crippen LogP contribution in [0.15, 0.2) is 72.8 Å². The van der Waals surface area contributed by atoms with Gasteiger partial charge in [-0.15, -0.1) is 0 Å². The van der Waals surface area contributed by atoms with Gasteiger partial charge in [-0.1, -0.05) is 63.5 Å². The SMILES string of the molecule is C=C(C)C(=O)OCC(COc1ccc(C)cc1)OC(=O)NCC1(C)CC(NC(=O)OC(COC(=O)C(=C)C)COc2ccc(C#CC#CC#CC#CC)cc2)CC(C)(C)C1. The van der Waals surface area contributed by atoms with Crippen molar-refractivity contribution in [2.75, 3.05) is 33.0 Å². The Morgan fingerprint density at radius 1 is 0.717 bits per heavy atom. The molecule has 4 unspecified atom stereocenters. The van der Waals surface area contributed by atoms with Gasteiger partial charge in [0, 0.05) is 29.3 Å². The number of aryl methyl sites for hydroxylation is 1. The molecular formula is C48H54N2O10. The number of rotatable bonds is 17. The minimum absolute atomic E-state index is 0.0542. The molecule has 0 saturated heterocycles. The number of hydrogen-bond acceptors (Lipinski definition) is 10. The topological polar surface area (TPSA) is 148 Å². The van der Waals surface area contributed by atoms with Gasteiger partial charge in [0.2, 0.25) is 0 Å². The molecule has 0 spiro atoms. The van der Waals surface area contributed by atoms with E-state index in [1.54, 1.807) is 43.3 Å². The maximum Gasteiger partial charge on any atom is 0.407 e. The molecule has 0 bridgehead atoms. The summed E-state index contributed by atoms with van der Waals surface area (Å²) in [5.41, 5.74) is 1.48. The average Bonchev–Trinajstić information content (AvgIpc) is 3.18. The molecule has 12 nitrogen and oxygen atoms in total. The zero-order valence-electron chi connectivity index (χ0n) is 35.5. The van der Waals surface area contributed by atoms with E-state index in [1.165, 1.54) is 13.8 Å². The third kappa shape index (κ3) is 18.2. The number of ether oxygens (including phenoxy) is 6. The Kier molecular flexibility index (Phi) is 18.7. The normalized spacial score (nSPS) is 16.8. The second kappa shape index (κ2) is 23.6. The van der Waals surface area contributed by atoms with Crippen molar-refractivity contribution >= 4 is 24.1 Å². The second-order valence-electron chi connectivity index (χ2n) is 15.7. The smallest absolute Gasteiger partial charge is 0.407 e. The maximum absolute atomic E-state index is 13.4. The summed E-state index contributed by atoms with van der Waals surface area (Å²) in [6.45, 7) is 19.7. The number of carbonyl (C=O) groups is 4. The van der Waals surface area contributed by atoms with Crippen LogP contribution in [0.4, 0.5) is 9.59 Å². The highest BCUT2D eigenvalue weighted by Gasteiger charge is 2.42. The summed E-state index contributed by atoms with van der Waals surface area (Å²) in [6.07, 6.45) is -1.41. The zero-order chi connectivity index (χ0) is 44.1. The number of esters is 2. The Labute approximate surface area is 354 Å². The maximum atomic E-state index is 13.4. The molecule has 2 aromatic carbocycles. The number of hydrogen-bond donors (Lipinski definition) is 2. The largest absolute Gasteiger partial charge is 0.490 e. The fourth-order valence-corrected chi connectivity index (χ4v) is 6.46. The molecule has 3 rings (SSSR count). The van der Waals surface area contributed by atoms with Gasteiger partial charge in [-0.3, -0.25) is 0 Å². The van der Waals surface area contributed by atoms with Crippen LogP contribution in [-0.2, 0) is 28.5 Å². The van der Waals surface area contributed by atoms with Gasteiger partial charge in [0.1, 0.15) is 37.9 Å². The standard InChI is InChI=1S/C48H54N2O10/c1-10-11-12-13-14-15-16-17-37-20-24-40(25-21-37)56-29-42(31-58-44(52)35(4)5)60-46(54)50-38-26-47(7,8)32-48(9,27-38)33-49-45(53)59-41(30-57-43(51)34(2)3)28-55-39-22-18-36(6)19-23-39/h18-25,38,41-42H,2,4,26-33H2,1,3,5-9H3,(H,49,53)(H,50,54). The summed E-state index contributed by atoms with van der Waals surface area (Å²) in [7, 11) is 0. The van der Waals surface area contributed by atoms with Crippen LogP contribution in [0, 0.1) is 65.1 Å². The lowest BCUT2D eigenvalue weighted by Gasteiger charge is -2.46. The van der Waals surface area contributed by atoms with Crippen LogP contribution in [0.3, 0.4) is 0 Å². The van der Waals surface area contributed by atoms with Crippen molar-refractivity contribution in [2.24, 2.45) is 10.8 Å². The molecule has 1 saturated carbocycles. The van der Waals surface area contributed by atoms with Crippen molar-refractivity contribution in [3.8, 4) is 58.9 Å². The van der Waals surface area contributed by atoms with Gasteiger partial charge < -0.3 is 39.1 Å². The van der Waals surface area contributed by atoms with Gasteiger partial charge in [0.05, 0.1) is 0 Å². The van der Waals surface area contributed by atoms with Crippen LogP contribution in [0.1, 0.15) is 71.9 Å². The van der Waals surface area contributed by atoms with Crippen LogP contribution >= 0.6 is 0 Å². The third-order valence-electron chi connectivity index (χ3n) is 8.86. The Balaban J connectivity index is 1.61. The fourth-order valence-electron chi connectivity index (χ4n) is 6.46. The van der Waals surface area contributed by atoms with Crippen LogP contribution in [0.25, 0.3) is 0 Å². The molecule has 0 radical (unpaired) electrons. The quantitative estimate of drug-likeness (QED) is 0.0752. The Morgan fingerprint density at radius 3 is 1.75 bits per heavy atom. The first-order chi connectivity index (χ1) is 28.5. The van der Waals surface area contributed by atoms with E-state index >= 15 is 0 Å². The Morgan fingerprint density at radius 2 is 1.22 bits per heavy atom. The number of alkyl carbamates (subject to hydrolysis) is 2. The van der Waals surface area contributed by atoms with E-state index in [-0.39, 0.29) is 55.6 Å². The van der Waals surface area contributed by atoms with Crippen molar-refractivity contribution < 1.29 is 47.6 Å². The van der Waals surface area contributed by atoms with E-state index in [1.807, 2.05) is 26.0 Å². The predicted octanol–water partition coefficient (Wildman–Crippen LogP) is 6.85. The fraction of sp³-hybridized carbons (Fsp3) is 0.417. The van der Waals surface area contributed by atoms with E-state index in [2.05, 4.69) is 85.0 Å². The Hall–Kier alpha value is -6.76. The van der Waals surface area contributed by atoms with Crippen LogP contribution in [0.5, 0.6) is 11.5 Å². The van der Waals surface area contributed by atoms with Crippen LogP contribution in [0.2, 0.25) is 0 Å². The predicted molar refractivity (Wildman–Crippen MR) is 227 cm³/mol. The molecule has 1 fully saturated rings. The molecule has 1 aliphatic rings. The van der Waals surface area contributed by atoms with Crippen molar-refractivity contribution in [3.63, 3.8) is 0 Å². The molecule has 2 amide bonds. The van der Waals surface area contributed by atoms with E-state index in [9.17, 15) is 19.2 Å². The summed E-state index contributed by atoms with van der Waals surface area (Å²) >= 11 is 0. The first kappa shape index (κ1) is 47.6. The minimum Gasteiger partial charge on any atom is -0.490 e. The molecule has 1 aliphatic carbocycles. The van der Waals surface area contributed by atoms with Gasteiger partial charge in [0.15, 0.2) is 12.2 Å². The minimum atomic E-state index is -0.960. The number of benzene rings is 2. The number of nitrogens with one attached hydrogen (secondary N) is 2. The monoisotopic (exact) mass is 818 g/mol. The summed E-state index contributed by atoms with van der Waals surface area (Å²) in [5, 5.41) is 5.84. The molecule has 60 heavy (non-hydrogen) atoms. The second-order valence-corrected chi connectivity index (χ2v) is 15.7. The van der Waals surface area contributed by atoms with Gasteiger partial charge in [0.25, 0.3) is 0 Å². The van der Waals surface area contributed by atoms with Gasteiger partial charge >= 0.3 is 24.1 Å². The van der Waals surface area contributed by atoms with Gasteiger partial charge in [-0.2, -0.15) is 0 Å². The van der Waals surface area contributed by atoms with Crippen molar-refractivity contribution in [1.29, 1.82) is 0 Å². The van der Waals surface area contributed by atoms with E-state index in [0.717, 1.165) is 12.0 Å². The Bertz CT molecular complexity index is 2110. The summed E-state index contributed by atoms with van der Waals surface area (Å²) in [6, 6.07) is 14.0. The lowest BCUT2D eigenvalue weighted by Crippen LogP contribution is -2.51. The molecule has 0 heterocycles. The molecule has 316 valence electrons. The molecule has 2 N–H and O–H groups in total. The first-order valence-electron chi connectivity index (χ1n) is 19.4. The lowest BCUT2D eigenvalue weighted by atomic mass is 9.62. The van der Waals surface area contributed by atoms with E-state index in [4.69, 9.17) is 28.4 Å². The lowest BCUT2D eigenvalue weighted by molar-refractivity contribution is -0.143. The van der Waals surface area contributed by atoms with Crippen molar-refractivity contribution in [3.05, 3.63) is 84.0 Å². The molecule has 0 aromatic heterocycles. The average molecular weight is 819 g/mol. The molecule has 4 atom stereocenters. The summed E-state index contributed by atoms with van der Waals surface area (Å²) in [5.74, 6) is 21.1. The van der Waals surface area contributed by atoms with Crippen molar-refractivity contribution in [2.45, 2.75) is 86.0 Å². The van der Waals surface area contributed by atoms with E-state index in [0.29, 0.717) is 29.9 Å². The van der Waals surface area contributed by atoms with Gasteiger partial charge in [-0.25, -0.2) is 19.2 Å². The van der Waals surface area contributed by atoms with Crippen molar-refractivity contribution in [1.82, 2.24) is 10.6 Å². The molecule has 0 aliphatic heterocycles.